The fourth-order valence-corrected chi connectivity index (χ4v) is 1.83. The standard InChI is InChI=1S/C13H14N4O/c1-8-4-5-12(18-3)11(6-8)17-13(15)10(7-14)9(2)16-17/h4-6H,15H2,1-3H3. The van der Waals surface area contributed by atoms with Crippen LogP contribution in [-0.2, 0) is 0 Å². The van der Waals surface area contributed by atoms with Gasteiger partial charge in [-0.2, -0.15) is 10.4 Å². The minimum absolute atomic E-state index is 0.332. The zero-order valence-electron chi connectivity index (χ0n) is 10.6. The van der Waals surface area contributed by atoms with Crippen LogP contribution in [0.15, 0.2) is 18.2 Å². The van der Waals surface area contributed by atoms with E-state index in [-0.39, 0.29) is 0 Å². The Morgan fingerprint density at radius 1 is 1.39 bits per heavy atom. The number of methoxy groups -OCH3 is 1. The number of anilines is 1. The van der Waals surface area contributed by atoms with Gasteiger partial charge in [0.2, 0.25) is 0 Å². The van der Waals surface area contributed by atoms with Crippen molar-refractivity contribution in [3.05, 3.63) is 35.0 Å². The summed E-state index contributed by atoms with van der Waals surface area (Å²) in [5.41, 5.74) is 8.76. The highest BCUT2D eigenvalue weighted by Gasteiger charge is 2.16. The molecule has 5 heteroatoms. The second kappa shape index (κ2) is 4.41. The van der Waals surface area contributed by atoms with E-state index in [1.165, 1.54) is 0 Å². The van der Waals surface area contributed by atoms with Gasteiger partial charge in [-0.25, -0.2) is 4.68 Å². The van der Waals surface area contributed by atoms with Gasteiger partial charge in [0, 0.05) is 0 Å². The Kier molecular flexibility index (Phi) is 2.94. The topological polar surface area (TPSA) is 76.9 Å². The first-order chi connectivity index (χ1) is 8.58. The van der Waals surface area contributed by atoms with Crippen molar-refractivity contribution in [3.63, 3.8) is 0 Å². The van der Waals surface area contributed by atoms with Gasteiger partial charge in [0.15, 0.2) is 0 Å². The molecule has 0 radical (unpaired) electrons. The van der Waals surface area contributed by atoms with Crippen molar-refractivity contribution in [3.8, 4) is 17.5 Å². The van der Waals surface area contributed by atoms with Gasteiger partial charge in [-0.3, -0.25) is 0 Å². The smallest absolute Gasteiger partial charge is 0.145 e. The molecule has 0 unspecified atom stereocenters. The van der Waals surface area contributed by atoms with Crippen molar-refractivity contribution in [1.29, 1.82) is 5.26 Å². The number of aromatic nitrogens is 2. The fourth-order valence-electron chi connectivity index (χ4n) is 1.83. The molecular formula is C13H14N4O. The molecule has 0 spiro atoms. The molecule has 2 N–H and O–H groups in total. The first-order valence-corrected chi connectivity index (χ1v) is 5.48. The monoisotopic (exact) mass is 242 g/mol. The zero-order valence-corrected chi connectivity index (χ0v) is 10.6. The Bertz CT molecular complexity index is 637. The zero-order chi connectivity index (χ0) is 13.3. The van der Waals surface area contributed by atoms with Gasteiger partial charge in [0.05, 0.1) is 12.8 Å². The summed E-state index contributed by atoms with van der Waals surface area (Å²) >= 11 is 0. The van der Waals surface area contributed by atoms with E-state index in [1.54, 1.807) is 18.7 Å². The van der Waals surface area contributed by atoms with E-state index in [2.05, 4.69) is 11.2 Å². The molecule has 18 heavy (non-hydrogen) atoms. The summed E-state index contributed by atoms with van der Waals surface area (Å²) in [6.07, 6.45) is 0. The lowest BCUT2D eigenvalue weighted by Gasteiger charge is -2.10. The SMILES string of the molecule is COc1ccc(C)cc1-n1nc(C)c(C#N)c1N. The lowest BCUT2D eigenvalue weighted by molar-refractivity contribution is 0.411. The number of ether oxygens (including phenoxy) is 1. The molecule has 1 aromatic heterocycles. The van der Waals surface area contributed by atoms with E-state index in [9.17, 15) is 0 Å². The van der Waals surface area contributed by atoms with Crippen LogP contribution in [0.1, 0.15) is 16.8 Å². The van der Waals surface area contributed by atoms with Crippen molar-refractivity contribution in [2.75, 3.05) is 12.8 Å². The average molecular weight is 242 g/mol. The van der Waals surface area contributed by atoms with Crippen LogP contribution in [0.3, 0.4) is 0 Å². The summed E-state index contributed by atoms with van der Waals surface area (Å²) < 4.78 is 6.83. The number of rotatable bonds is 2. The van der Waals surface area contributed by atoms with Gasteiger partial charge in [-0.15, -0.1) is 0 Å². The van der Waals surface area contributed by atoms with E-state index >= 15 is 0 Å². The predicted octanol–water partition coefficient (Wildman–Crippen LogP) is 1.95. The molecule has 0 amide bonds. The molecule has 0 aliphatic heterocycles. The van der Waals surface area contributed by atoms with E-state index < -0.39 is 0 Å². The van der Waals surface area contributed by atoms with E-state index in [0.717, 1.165) is 11.3 Å². The van der Waals surface area contributed by atoms with Crippen LogP contribution in [0.25, 0.3) is 5.69 Å². The van der Waals surface area contributed by atoms with Crippen LogP contribution < -0.4 is 10.5 Å². The van der Waals surface area contributed by atoms with Gasteiger partial charge in [0.25, 0.3) is 0 Å². The normalized spacial score (nSPS) is 10.1. The third-order valence-corrected chi connectivity index (χ3v) is 2.77. The van der Waals surface area contributed by atoms with Gasteiger partial charge in [-0.05, 0) is 31.5 Å². The Labute approximate surface area is 105 Å². The summed E-state index contributed by atoms with van der Waals surface area (Å²) in [5, 5.41) is 13.3. The Morgan fingerprint density at radius 3 is 2.67 bits per heavy atom. The van der Waals surface area contributed by atoms with Crippen molar-refractivity contribution in [2.24, 2.45) is 0 Å². The molecule has 0 aliphatic carbocycles. The lowest BCUT2D eigenvalue weighted by Crippen LogP contribution is -2.05. The molecular weight excluding hydrogens is 228 g/mol. The largest absolute Gasteiger partial charge is 0.494 e. The predicted molar refractivity (Wildman–Crippen MR) is 68.7 cm³/mol. The fraction of sp³-hybridized carbons (Fsp3) is 0.231. The van der Waals surface area contributed by atoms with Crippen molar-refractivity contribution in [2.45, 2.75) is 13.8 Å². The summed E-state index contributed by atoms with van der Waals surface area (Å²) in [7, 11) is 1.59. The molecule has 0 saturated heterocycles. The van der Waals surface area contributed by atoms with E-state index in [0.29, 0.717) is 22.8 Å². The van der Waals surface area contributed by atoms with Gasteiger partial charge in [-0.1, -0.05) is 6.07 Å². The molecule has 92 valence electrons. The lowest BCUT2D eigenvalue weighted by atomic mass is 10.2. The third kappa shape index (κ3) is 1.78. The first-order valence-electron chi connectivity index (χ1n) is 5.48. The molecule has 1 heterocycles. The number of aryl methyl sites for hydroxylation is 2. The molecule has 1 aromatic carbocycles. The Hall–Kier alpha value is -2.48. The first kappa shape index (κ1) is 12.0. The van der Waals surface area contributed by atoms with E-state index in [4.69, 9.17) is 15.7 Å². The number of hydrogen-bond acceptors (Lipinski definition) is 4. The molecule has 0 bridgehead atoms. The highest BCUT2D eigenvalue weighted by molar-refractivity contribution is 5.59. The van der Waals surface area contributed by atoms with Gasteiger partial charge >= 0.3 is 0 Å². The molecule has 0 atom stereocenters. The second-order valence-corrected chi connectivity index (χ2v) is 4.04. The van der Waals surface area contributed by atoms with Crippen LogP contribution in [0.5, 0.6) is 5.75 Å². The third-order valence-electron chi connectivity index (χ3n) is 2.77. The van der Waals surface area contributed by atoms with Crippen molar-refractivity contribution >= 4 is 5.82 Å². The number of nitrogen functional groups attached to an aromatic ring is 1. The van der Waals surface area contributed by atoms with Gasteiger partial charge in [0.1, 0.15) is 28.9 Å². The minimum Gasteiger partial charge on any atom is -0.494 e. The molecule has 0 fully saturated rings. The maximum atomic E-state index is 9.03. The summed E-state index contributed by atoms with van der Waals surface area (Å²) in [4.78, 5) is 0. The Balaban J connectivity index is 2.70. The molecule has 5 nitrogen and oxygen atoms in total. The van der Waals surface area contributed by atoms with Crippen molar-refractivity contribution < 1.29 is 4.74 Å². The van der Waals surface area contributed by atoms with E-state index in [1.807, 2.05) is 25.1 Å². The Morgan fingerprint density at radius 2 is 2.11 bits per heavy atom. The second-order valence-electron chi connectivity index (χ2n) is 4.04. The maximum absolute atomic E-state index is 9.03. The maximum Gasteiger partial charge on any atom is 0.145 e. The van der Waals surface area contributed by atoms with Crippen LogP contribution in [-0.4, -0.2) is 16.9 Å². The highest BCUT2D eigenvalue weighted by atomic mass is 16.5. The van der Waals surface area contributed by atoms with Crippen LogP contribution in [0.4, 0.5) is 5.82 Å². The average Bonchev–Trinajstić information content (AvgIpc) is 2.64. The van der Waals surface area contributed by atoms with Gasteiger partial charge < -0.3 is 10.5 Å². The quantitative estimate of drug-likeness (QED) is 0.873. The molecule has 0 aliphatic rings. The highest BCUT2D eigenvalue weighted by Crippen LogP contribution is 2.27. The molecule has 2 aromatic rings. The molecule has 0 saturated carbocycles. The number of nitrogens with zero attached hydrogens (tertiary/aromatic N) is 3. The molecule has 2 rings (SSSR count). The van der Waals surface area contributed by atoms with Crippen LogP contribution in [0.2, 0.25) is 0 Å². The number of nitrogens with two attached hydrogens (primary N) is 1. The number of nitriles is 1. The summed E-state index contributed by atoms with van der Waals surface area (Å²) in [6, 6.07) is 7.77. The summed E-state index contributed by atoms with van der Waals surface area (Å²) in [6.45, 7) is 3.73. The van der Waals surface area contributed by atoms with Crippen LogP contribution >= 0.6 is 0 Å². The van der Waals surface area contributed by atoms with Crippen molar-refractivity contribution in [1.82, 2.24) is 9.78 Å². The van der Waals surface area contributed by atoms with Crippen LogP contribution in [0, 0.1) is 25.2 Å². The number of hydrogen-bond donors (Lipinski definition) is 1. The minimum atomic E-state index is 0.332. The number of benzene rings is 1. The summed E-state index contributed by atoms with van der Waals surface area (Å²) in [5.74, 6) is 0.998.